The van der Waals surface area contributed by atoms with E-state index >= 15 is 0 Å². The summed E-state index contributed by atoms with van der Waals surface area (Å²) in [6, 6.07) is 15.1. The number of carbonyl (C=O) groups is 2. The third-order valence-corrected chi connectivity index (χ3v) is 8.04. The largest absolute Gasteiger partial charge is 0.497 e. The Bertz CT molecular complexity index is 2190. The van der Waals surface area contributed by atoms with Crippen LogP contribution in [-0.4, -0.2) is 61.8 Å². The fraction of sp³-hybridized carbons (Fsp3) is 0.297. The first-order valence-corrected chi connectivity index (χ1v) is 16.5. The molecular weight excluding hydrogens is 654 g/mol. The number of nitrogens with one attached hydrogen (secondary N) is 1. The molecule has 1 amide bonds. The minimum atomic E-state index is -0.741. The van der Waals surface area contributed by atoms with Crippen LogP contribution in [0.3, 0.4) is 0 Å². The number of hydrogen-bond acceptors (Lipinski definition) is 11. The van der Waals surface area contributed by atoms with E-state index in [0.29, 0.717) is 46.4 Å². The number of ether oxygens (including phenoxy) is 4. The first-order chi connectivity index (χ1) is 24.8. The Hall–Kier alpha value is -6.18. The molecule has 264 valence electrons. The van der Waals surface area contributed by atoms with Crippen molar-refractivity contribution in [3.63, 3.8) is 0 Å². The van der Waals surface area contributed by atoms with Gasteiger partial charge in [-0.25, -0.2) is 14.8 Å². The van der Waals surface area contributed by atoms with E-state index in [2.05, 4.69) is 10.3 Å². The van der Waals surface area contributed by atoms with Crippen LogP contribution in [0, 0.1) is 13.8 Å². The van der Waals surface area contributed by atoms with Crippen molar-refractivity contribution in [2.45, 2.75) is 53.8 Å². The van der Waals surface area contributed by atoms with Gasteiger partial charge in [-0.3, -0.25) is 18.9 Å². The molecular formula is C37H39N7O7. The quantitative estimate of drug-likeness (QED) is 0.134. The number of aryl methyl sites for hydroxylation is 3. The monoisotopic (exact) mass is 693 g/mol. The Labute approximate surface area is 294 Å². The maximum atomic E-state index is 13.8. The van der Waals surface area contributed by atoms with Crippen molar-refractivity contribution in [1.82, 2.24) is 34.4 Å². The highest BCUT2D eigenvalue weighted by molar-refractivity contribution is 5.98. The van der Waals surface area contributed by atoms with Crippen molar-refractivity contribution < 1.29 is 33.0 Å². The highest BCUT2D eigenvalue weighted by atomic mass is 16.5. The average Bonchev–Trinajstić information content (AvgIpc) is 3.83. The van der Waals surface area contributed by atoms with Crippen molar-refractivity contribution in [2.75, 3.05) is 20.8 Å². The van der Waals surface area contributed by atoms with Gasteiger partial charge >= 0.3 is 5.97 Å². The molecule has 0 atom stereocenters. The minimum absolute atomic E-state index is 0.0519. The molecule has 4 aromatic heterocycles. The number of imidazole rings is 1. The van der Waals surface area contributed by atoms with E-state index in [1.54, 1.807) is 61.7 Å². The number of esters is 1. The van der Waals surface area contributed by atoms with Crippen LogP contribution < -0.4 is 19.5 Å². The lowest BCUT2D eigenvalue weighted by Gasteiger charge is -2.11. The third-order valence-electron chi connectivity index (χ3n) is 8.04. The molecule has 0 fully saturated rings. The van der Waals surface area contributed by atoms with Crippen LogP contribution >= 0.6 is 0 Å². The summed E-state index contributed by atoms with van der Waals surface area (Å²) >= 11 is 0. The first-order valence-electron chi connectivity index (χ1n) is 16.5. The van der Waals surface area contributed by atoms with Crippen molar-refractivity contribution in [1.29, 1.82) is 0 Å². The Morgan fingerprint density at radius 1 is 0.980 bits per heavy atom. The maximum Gasteiger partial charge on any atom is 0.376 e. The number of nitrogens with zero attached hydrogens (tertiary/aromatic N) is 6. The molecule has 0 saturated heterocycles. The topological polar surface area (TPSA) is 157 Å². The van der Waals surface area contributed by atoms with Crippen LogP contribution in [0.1, 0.15) is 64.0 Å². The van der Waals surface area contributed by atoms with Gasteiger partial charge in [-0.1, -0.05) is 37.3 Å². The second kappa shape index (κ2) is 15.2. The lowest BCUT2D eigenvalue weighted by Crippen LogP contribution is -2.25. The minimum Gasteiger partial charge on any atom is -0.497 e. The van der Waals surface area contributed by atoms with Gasteiger partial charge in [0, 0.05) is 30.9 Å². The normalized spacial score (nSPS) is 11.1. The van der Waals surface area contributed by atoms with Crippen LogP contribution in [0.15, 0.2) is 65.3 Å². The van der Waals surface area contributed by atoms with Gasteiger partial charge in [0.1, 0.15) is 35.2 Å². The number of benzene rings is 2. The molecule has 51 heavy (non-hydrogen) atoms. The van der Waals surface area contributed by atoms with Crippen molar-refractivity contribution in [3.8, 4) is 40.2 Å². The standard InChI is InChI=1S/C37H39N7O7/c1-7-16-44-31(32(23(4)42-44)50-21-24-12-10-9-11-13-24)36-41-30(33(51-36)37(46)49-8-2)29-27-19-38-22(3)20-43(27)34(40-29)35(45)39-18-25-14-15-26(47-5)17-28(25)48-6/h9-15,17,19-20H,7-8,16,18,21H2,1-6H3,(H,39,45). The number of rotatable bonds is 14. The van der Waals surface area contributed by atoms with Gasteiger partial charge in [-0.15, -0.1) is 0 Å². The Morgan fingerprint density at radius 2 is 1.78 bits per heavy atom. The van der Waals surface area contributed by atoms with E-state index < -0.39 is 11.9 Å². The van der Waals surface area contributed by atoms with Gasteiger partial charge in [0.15, 0.2) is 11.4 Å². The van der Waals surface area contributed by atoms with E-state index in [9.17, 15) is 9.59 Å². The summed E-state index contributed by atoms with van der Waals surface area (Å²) in [5, 5.41) is 7.64. The Kier molecular flexibility index (Phi) is 10.3. The van der Waals surface area contributed by atoms with Crippen molar-refractivity contribution >= 4 is 17.4 Å². The van der Waals surface area contributed by atoms with Crippen LogP contribution in [0.4, 0.5) is 0 Å². The molecule has 0 aliphatic rings. The third kappa shape index (κ3) is 7.11. The summed E-state index contributed by atoms with van der Waals surface area (Å²) in [6.45, 7) is 8.43. The van der Waals surface area contributed by atoms with E-state index in [-0.39, 0.29) is 48.6 Å². The fourth-order valence-electron chi connectivity index (χ4n) is 5.63. The van der Waals surface area contributed by atoms with Crippen LogP contribution in [0.2, 0.25) is 0 Å². The van der Waals surface area contributed by atoms with Crippen LogP contribution in [-0.2, 0) is 24.4 Å². The highest BCUT2D eigenvalue weighted by Crippen LogP contribution is 2.38. The molecule has 0 radical (unpaired) electrons. The Morgan fingerprint density at radius 3 is 2.51 bits per heavy atom. The predicted octanol–water partition coefficient (Wildman–Crippen LogP) is 5.98. The molecule has 4 heterocycles. The van der Waals surface area contributed by atoms with Crippen molar-refractivity contribution in [2.24, 2.45) is 0 Å². The molecule has 0 bridgehead atoms. The second-order valence-electron chi connectivity index (χ2n) is 11.6. The Balaban J connectivity index is 1.44. The molecule has 0 aliphatic heterocycles. The zero-order valence-corrected chi connectivity index (χ0v) is 29.4. The van der Waals surface area contributed by atoms with Crippen LogP contribution in [0.5, 0.6) is 17.2 Å². The van der Waals surface area contributed by atoms with Crippen LogP contribution in [0.25, 0.3) is 28.5 Å². The van der Waals surface area contributed by atoms with E-state index in [4.69, 9.17) is 38.4 Å². The molecule has 2 aromatic carbocycles. The number of fused-ring (bicyclic) bond motifs is 1. The molecule has 0 spiro atoms. The summed E-state index contributed by atoms with van der Waals surface area (Å²) in [6.07, 6.45) is 4.03. The van der Waals surface area contributed by atoms with Gasteiger partial charge in [-0.05, 0) is 44.9 Å². The fourth-order valence-corrected chi connectivity index (χ4v) is 5.63. The molecule has 14 heteroatoms. The van der Waals surface area contributed by atoms with Crippen molar-refractivity contribution in [3.05, 3.63) is 95.0 Å². The van der Waals surface area contributed by atoms with E-state index in [1.165, 1.54) is 0 Å². The highest BCUT2D eigenvalue weighted by Gasteiger charge is 2.32. The molecule has 6 rings (SSSR count). The molecule has 14 nitrogen and oxygen atoms in total. The maximum absolute atomic E-state index is 13.8. The predicted molar refractivity (Wildman–Crippen MR) is 187 cm³/mol. The number of carbonyl (C=O) groups excluding carboxylic acids is 2. The number of amides is 1. The smallest absolute Gasteiger partial charge is 0.376 e. The second-order valence-corrected chi connectivity index (χ2v) is 11.6. The van der Waals surface area contributed by atoms with Gasteiger partial charge in [0.25, 0.3) is 5.91 Å². The lowest BCUT2D eigenvalue weighted by atomic mass is 10.2. The molecule has 1 N–H and O–H groups in total. The summed E-state index contributed by atoms with van der Waals surface area (Å²) in [5.41, 5.74) is 4.16. The number of methoxy groups -OCH3 is 2. The molecule has 0 saturated carbocycles. The summed E-state index contributed by atoms with van der Waals surface area (Å²) in [7, 11) is 3.12. The lowest BCUT2D eigenvalue weighted by molar-refractivity contribution is 0.0492. The zero-order chi connectivity index (χ0) is 36.1. The van der Waals surface area contributed by atoms with Gasteiger partial charge in [0.2, 0.25) is 17.5 Å². The molecule has 0 unspecified atom stereocenters. The molecule has 0 aliphatic carbocycles. The first kappa shape index (κ1) is 34.7. The molecule has 6 aromatic rings. The van der Waals surface area contributed by atoms with Gasteiger partial charge in [0.05, 0.1) is 38.2 Å². The van der Waals surface area contributed by atoms with E-state index in [1.807, 2.05) is 50.2 Å². The van der Waals surface area contributed by atoms with Gasteiger partial charge in [-0.2, -0.15) is 5.10 Å². The van der Waals surface area contributed by atoms with Gasteiger partial charge < -0.3 is 28.7 Å². The number of oxazole rings is 1. The number of hydrogen-bond donors (Lipinski definition) is 1. The zero-order valence-electron chi connectivity index (χ0n) is 29.4. The summed E-state index contributed by atoms with van der Waals surface area (Å²) in [5.74, 6) is 0.391. The average molecular weight is 694 g/mol. The summed E-state index contributed by atoms with van der Waals surface area (Å²) < 4.78 is 32.1. The summed E-state index contributed by atoms with van der Waals surface area (Å²) in [4.78, 5) is 41.2. The SMILES string of the molecule is CCCn1nc(C)c(OCc2ccccc2)c1-c1nc(-c2nc(C(=O)NCc3ccc(OC)cc3OC)n3cc(C)ncc23)c(C(=O)OCC)o1. The number of aromatic nitrogens is 6. The van der Waals surface area contributed by atoms with E-state index in [0.717, 1.165) is 17.5 Å².